The van der Waals surface area contributed by atoms with Gasteiger partial charge in [0, 0.05) is 37.0 Å². The summed E-state index contributed by atoms with van der Waals surface area (Å²) in [6.07, 6.45) is 6.74. The summed E-state index contributed by atoms with van der Waals surface area (Å²) in [5.74, 6) is 0. The molecule has 2 rings (SSSR count). The van der Waals surface area contributed by atoms with E-state index in [1.807, 2.05) is 16.9 Å². The van der Waals surface area contributed by atoms with E-state index >= 15 is 0 Å². The fraction of sp³-hybridized carbons (Fsp3) is 0.786. The fourth-order valence-electron chi connectivity index (χ4n) is 3.04. The molecule has 1 N–H and O–H groups in total. The van der Waals surface area contributed by atoms with Crippen molar-refractivity contribution >= 4 is 0 Å². The third-order valence-corrected chi connectivity index (χ3v) is 4.23. The molecule has 1 aromatic rings. The predicted octanol–water partition coefficient (Wildman–Crippen LogP) is 1.68. The van der Waals surface area contributed by atoms with Gasteiger partial charge in [-0.2, -0.15) is 5.10 Å². The summed E-state index contributed by atoms with van der Waals surface area (Å²) in [4.78, 5) is 2.34. The lowest BCUT2D eigenvalue weighted by Crippen LogP contribution is -2.38. The molecule has 4 heteroatoms. The van der Waals surface area contributed by atoms with Gasteiger partial charge < -0.3 is 10.0 Å². The number of hydrogen-bond donors (Lipinski definition) is 1. The Morgan fingerprint density at radius 2 is 2.17 bits per heavy atom. The van der Waals surface area contributed by atoms with Gasteiger partial charge in [-0.15, -0.1) is 0 Å². The molecular formula is C14H25N3O. The summed E-state index contributed by atoms with van der Waals surface area (Å²) in [5.41, 5.74) is 1.37. The minimum atomic E-state index is 0.161. The van der Waals surface area contributed by atoms with Crippen molar-refractivity contribution in [2.45, 2.75) is 39.2 Å². The van der Waals surface area contributed by atoms with Crippen LogP contribution in [0.5, 0.6) is 0 Å². The first-order valence-corrected chi connectivity index (χ1v) is 6.93. The largest absolute Gasteiger partial charge is 0.396 e. The van der Waals surface area contributed by atoms with Crippen LogP contribution in [0.3, 0.4) is 0 Å². The molecule has 0 amide bonds. The number of nitrogens with zero attached hydrogens (tertiary/aromatic N) is 3. The van der Waals surface area contributed by atoms with Crippen LogP contribution in [-0.4, -0.2) is 46.5 Å². The van der Waals surface area contributed by atoms with Crippen molar-refractivity contribution in [3.63, 3.8) is 0 Å². The Balaban J connectivity index is 1.81. The van der Waals surface area contributed by atoms with Gasteiger partial charge in [0.1, 0.15) is 0 Å². The monoisotopic (exact) mass is 251 g/mol. The smallest absolute Gasteiger partial charge is 0.0539 e. The molecule has 1 aromatic heterocycles. The molecule has 0 atom stereocenters. The third kappa shape index (κ3) is 3.12. The Labute approximate surface area is 110 Å². The van der Waals surface area contributed by atoms with Crippen molar-refractivity contribution in [2.75, 3.05) is 26.7 Å². The molecule has 0 radical (unpaired) electrons. The van der Waals surface area contributed by atoms with E-state index in [0.717, 1.165) is 19.6 Å². The van der Waals surface area contributed by atoms with E-state index in [9.17, 15) is 5.11 Å². The van der Waals surface area contributed by atoms with Crippen molar-refractivity contribution < 1.29 is 5.11 Å². The van der Waals surface area contributed by atoms with Crippen LogP contribution in [0.2, 0.25) is 0 Å². The van der Waals surface area contributed by atoms with Gasteiger partial charge in [-0.05, 0) is 32.9 Å². The molecule has 0 spiro atoms. The van der Waals surface area contributed by atoms with Crippen LogP contribution in [0.4, 0.5) is 0 Å². The zero-order valence-electron chi connectivity index (χ0n) is 11.6. The number of rotatable bonds is 6. The lowest BCUT2D eigenvalue weighted by molar-refractivity contribution is 0.0872. The molecule has 1 aliphatic carbocycles. The quantitative estimate of drug-likeness (QED) is 0.836. The average molecular weight is 251 g/mol. The van der Waals surface area contributed by atoms with Crippen LogP contribution in [0.25, 0.3) is 0 Å². The predicted molar refractivity (Wildman–Crippen MR) is 72.4 cm³/mol. The van der Waals surface area contributed by atoms with Crippen molar-refractivity contribution in [3.8, 4) is 0 Å². The summed E-state index contributed by atoms with van der Waals surface area (Å²) in [6.45, 7) is 5.34. The molecule has 0 saturated heterocycles. The molecule has 0 aliphatic heterocycles. The number of aliphatic hydroxyl groups is 1. The zero-order valence-corrected chi connectivity index (χ0v) is 11.6. The van der Waals surface area contributed by atoms with E-state index in [1.165, 1.54) is 31.4 Å². The molecular weight excluding hydrogens is 226 g/mol. The van der Waals surface area contributed by atoms with E-state index in [-0.39, 0.29) is 5.41 Å². The number of likely N-dealkylation sites (N-methyl/N-ethyl adjacent to an activating group) is 1. The van der Waals surface area contributed by atoms with Gasteiger partial charge in [-0.3, -0.25) is 4.68 Å². The van der Waals surface area contributed by atoms with E-state index in [2.05, 4.69) is 24.0 Å². The second kappa shape index (κ2) is 5.85. The van der Waals surface area contributed by atoms with Crippen LogP contribution in [0.15, 0.2) is 12.3 Å². The lowest BCUT2D eigenvalue weighted by Gasteiger charge is -2.31. The molecule has 1 saturated carbocycles. The van der Waals surface area contributed by atoms with E-state index in [4.69, 9.17) is 0 Å². The number of aromatic nitrogens is 2. The van der Waals surface area contributed by atoms with Gasteiger partial charge in [-0.25, -0.2) is 0 Å². The first kappa shape index (κ1) is 13.6. The molecule has 102 valence electrons. The zero-order chi connectivity index (χ0) is 13.0. The maximum Gasteiger partial charge on any atom is 0.0539 e. The Kier molecular flexibility index (Phi) is 4.40. The molecule has 0 aromatic carbocycles. The van der Waals surface area contributed by atoms with Crippen LogP contribution in [0.1, 0.15) is 31.4 Å². The summed E-state index contributed by atoms with van der Waals surface area (Å²) < 4.78 is 2.04. The molecule has 1 aliphatic rings. The minimum absolute atomic E-state index is 0.161. The molecule has 1 fully saturated rings. The topological polar surface area (TPSA) is 41.3 Å². The highest BCUT2D eigenvalue weighted by Crippen LogP contribution is 2.38. The maximum absolute atomic E-state index is 9.62. The fourth-order valence-corrected chi connectivity index (χ4v) is 3.04. The Bertz CT molecular complexity index is 369. The van der Waals surface area contributed by atoms with E-state index in [0.29, 0.717) is 6.61 Å². The highest BCUT2D eigenvalue weighted by Gasteiger charge is 2.33. The molecule has 0 unspecified atom stereocenters. The van der Waals surface area contributed by atoms with Crippen molar-refractivity contribution in [3.05, 3.63) is 18.0 Å². The molecule has 4 nitrogen and oxygen atoms in total. The second-order valence-electron chi connectivity index (χ2n) is 5.80. The van der Waals surface area contributed by atoms with Crippen molar-refractivity contribution in [1.82, 2.24) is 14.7 Å². The van der Waals surface area contributed by atoms with Gasteiger partial charge in [0.15, 0.2) is 0 Å². The van der Waals surface area contributed by atoms with Gasteiger partial charge in [0.25, 0.3) is 0 Å². The summed E-state index contributed by atoms with van der Waals surface area (Å²) >= 11 is 0. The van der Waals surface area contributed by atoms with Gasteiger partial charge in [0.05, 0.1) is 6.54 Å². The Hall–Kier alpha value is -0.870. The van der Waals surface area contributed by atoms with E-state index in [1.54, 1.807) is 0 Å². The lowest BCUT2D eigenvalue weighted by atomic mass is 9.87. The number of aryl methyl sites for hydroxylation is 1. The SMILES string of the molecule is Cc1ccnn1CCN(C)CC1(CO)CCCC1. The average Bonchev–Trinajstić information content (AvgIpc) is 2.97. The first-order chi connectivity index (χ1) is 8.65. The van der Waals surface area contributed by atoms with E-state index < -0.39 is 0 Å². The maximum atomic E-state index is 9.62. The number of hydrogen-bond acceptors (Lipinski definition) is 3. The van der Waals surface area contributed by atoms with Crippen LogP contribution >= 0.6 is 0 Å². The molecule has 0 bridgehead atoms. The van der Waals surface area contributed by atoms with Crippen LogP contribution in [-0.2, 0) is 6.54 Å². The van der Waals surface area contributed by atoms with Gasteiger partial charge in [-0.1, -0.05) is 12.8 Å². The number of aliphatic hydroxyl groups excluding tert-OH is 1. The summed E-state index contributed by atoms with van der Waals surface area (Å²) in [6, 6.07) is 2.03. The summed E-state index contributed by atoms with van der Waals surface area (Å²) in [5, 5.41) is 13.9. The van der Waals surface area contributed by atoms with Crippen LogP contribution in [0, 0.1) is 12.3 Å². The minimum Gasteiger partial charge on any atom is -0.396 e. The highest BCUT2D eigenvalue weighted by molar-refractivity contribution is 4.96. The highest BCUT2D eigenvalue weighted by atomic mass is 16.3. The third-order valence-electron chi connectivity index (χ3n) is 4.23. The Morgan fingerprint density at radius 1 is 1.44 bits per heavy atom. The normalized spacial score (nSPS) is 18.7. The molecule has 18 heavy (non-hydrogen) atoms. The second-order valence-corrected chi connectivity index (χ2v) is 5.80. The van der Waals surface area contributed by atoms with Gasteiger partial charge >= 0.3 is 0 Å². The molecule has 1 heterocycles. The summed E-state index contributed by atoms with van der Waals surface area (Å²) in [7, 11) is 2.15. The van der Waals surface area contributed by atoms with Crippen molar-refractivity contribution in [1.29, 1.82) is 0 Å². The van der Waals surface area contributed by atoms with Gasteiger partial charge in [0.2, 0.25) is 0 Å². The first-order valence-electron chi connectivity index (χ1n) is 6.93. The Morgan fingerprint density at radius 3 is 2.72 bits per heavy atom. The standard InChI is InChI=1S/C14H25N3O/c1-13-5-8-15-17(13)10-9-16(2)11-14(12-18)6-3-4-7-14/h5,8,18H,3-4,6-7,9-12H2,1-2H3. The van der Waals surface area contributed by atoms with Crippen LogP contribution < -0.4 is 0 Å². The van der Waals surface area contributed by atoms with Crippen molar-refractivity contribution in [2.24, 2.45) is 5.41 Å².